The number of nitrogens with zero attached hydrogens (tertiary/aromatic N) is 3. The van der Waals surface area contributed by atoms with Crippen LogP contribution < -0.4 is 16.1 Å². The van der Waals surface area contributed by atoms with Crippen molar-refractivity contribution in [3.05, 3.63) is 23.8 Å². The lowest BCUT2D eigenvalue weighted by molar-refractivity contribution is 0.726. The van der Waals surface area contributed by atoms with E-state index >= 15 is 0 Å². The molecule has 2 rings (SSSR count). The van der Waals surface area contributed by atoms with Crippen LogP contribution in [0, 0.1) is 23.7 Å². The van der Waals surface area contributed by atoms with Crippen LogP contribution in [-0.2, 0) is 0 Å². The topological polar surface area (TPSA) is 101 Å². The molecule has 0 aromatic heterocycles. The molecule has 0 amide bonds. The van der Waals surface area contributed by atoms with Gasteiger partial charge in [-0.3, -0.25) is 10.8 Å². The number of benzene rings is 1. The molecule has 116 valence electrons. The number of hydrogen-bond acceptors (Lipinski definition) is 5. The van der Waals surface area contributed by atoms with Crippen molar-refractivity contribution in [3.8, 4) is 6.07 Å². The minimum absolute atomic E-state index is 0.108. The first kappa shape index (κ1) is 15.8. The Kier molecular flexibility index (Phi) is 5.37. The van der Waals surface area contributed by atoms with Gasteiger partial charge in [0, 0.05) is 13.1 Å². The largest absolute Gasteiger partial charge is 0.382 e. The third-order valence-corrected chi connectivity index (χ3v) is 3.75. The van der Waals surface area contributed by atoms with Crippen molar-refractivity contribution in [1.29, 1.82) is 10.7 Å². The highest BCUT2D eigenvalue weighted by Crippen LogP contribution is 2.29. The molecule has 1 aromatic rings. The molecule has 1 aliphatic heterocycles. The maximum atomic E-state index is 8.93. The number of nitrogens with two attached hydrogens (primary N) is 1. The predicted octanol–water partition coefficient (Wildman–Crippen LogP) is 2.60. The van der Waals surface area contributed by atoms with E-state index in [-0.39, 0.29) is 11.5 Å². The normalized spacial score (nSPS) is 15.8. The molecule has 6 heteroatoms. The molecule has 1 saturated heterocycles. The Morgan fingerprint density at radius 2 is 2.00 bits per heavy atom. The summed E-state index contributed by atoms with van der Waals surface area (Å²) in [6, 6.07) is 7.97. The maximum Gasteiger partial charge on any atom is 0.201 e. The van der Waals surface area contributed by atoms with Crippen LogP contribution in [0.5, 0.6) is 0 Å². The van der Waals surface area contributed by atoms with Crippen LogP contribution in [0.2, 0.25) is 0 Å². The molecule has 0 atom stereocenters. The number of rotatable bonds is 4. The van der Waals surface area contributed by atoms with Crippen molar-refractivity contribution >= 4 is 22.9 Å². The van der Waals surface area contributed by atoms with Crippen molar-refractivity contribution < 1.29 is 0 Å². The second kappa shape index (κ2) is 7.46. The average molecular weight is 298 g/mol. The van der Waals surface area contributed by atoms with Crippen LogP contribution in [0.1, 0.15) is 31.2 Å². The standard InChI is InChI=1S/C16H22N6/c1-12-6-7-15(22-8-4-2-3-5-9-22)13(10-12)20-21-14(11-17)16(18)19/h6-7,10,20H,2-5,8-9H2,1H3,(H3,18,19)/b21-14+. The average Bonchev–Trinajstić information content (AvgIpc) is 2.77. The number of amidine groups is 1. The summed E-state index contributed by atoms with van der Waals surface area (Å²) < 4.78 is 0. The van der Waals surface area contributed by atoms with Crippen molar-refractivity contribution in [3.63, 3.8) is 0 Å². The van der Waals surface area contributed by atoms with E-state index in [0.717, 1.165) is 30.0 Å². The summed E-state index contributed by atoms with van der Waals surface area (Å²) in [7, 11) is 0. The minimum atomic E-state index is -0.334. The molecule has 0 aliphatic carbocycles. The lowest BCUT2D eigenvalue weighted by atomic mass is 10.1. The van der Waals surface area contributed by atoms with E-state index in [1.165, 1.54) is 25.7 Å². The van der Waals surface area contributed by atoms with Crippen molar-refractivity contribution in [2.75, 3.05) is 23.4 Å². The maximum absolute atomic E-state index is 8.93. The molecule has 4 N–H and O–H groups in total. The van der Waals surface area contributed by atoms with Gasteiger partial charge in [0.25, 0.3) is 0 Å². The lowest BCUT2D eigenvalue weighted by Crippen LogP contribution is -2.25. The number of nitriles is 1. The SMILES string of the molecule is Cc1ccc(N2CCCCCC2)c(N/N=C(\C#N)C(=N)N)c1. The molecule has 1 heterocycles. The molecular weight excluding hydrogens is 276 g/mol. The highest BCUT2D eigenvalue weighted by Gasteiger charge is 2.14. The van der Waals surface area contributed by atoms with E-state index in [9.17, 15) is 0 Å². The van der Waals surface area contributed by atoms with Crippen molar-refractivity contribution in [1.82, 2.24) is 0 Å². The van der Waals surface area contributed by atoms with Gasteiger partial charge in [-0.15, -0.1) is 0 Å². The molecule has 1 aromatic carbocycles. The Hall–Kier alpha value is -2.55. The zero-order chi connectivity index (χ0) is 15.9. The van der Waals surface area contributed by atoms with Gasteiger partial charge in [-0.1, -0.05) is 18.9 Å². The first-order chi connectivity index (χ1) is 10.6. The first-order valence-corrected chi connectivity index (χ1v) is 7.55. The molecule has 1 aliphatic rings. The fourth-order valence-electron chi connectivity index (χ4n) is 2.59. The van der Waals surface area contributed by atoms with Crippen LogP contribution in [0.15, 0.2) is 23.3 Å². The van der Waals surface area contributed by atoms with Crippen molar-refractivity contribution in [2.24, 2.45) is 10.8 Å². The van der Waals surface area contributed by atoms with E-state index in [1.54, 1.807) is 0 Å². The van der Waals surface area contributed by atoms with E-state index in [4.69, 9.17) is 16.4 Å². The van der Waals surface area contributed by atoms with Crippen LogP contribution in [0.4, 0.5) is 11.4 Å². The van der Waals surface area contributed by atoms with Gasteiger partial charge < -0.3 is 10.6 Å². The van der Waals surface area contributed by atoms with E-state index in [2.05, 4.69) is 27.6 Å². The fraction of sp³-hybridized carbons (Fsp3) is 0.438. The van der Waals surface area contributed by atoms with E-state index < -0.39 is 0 Å². The summed E-state index contributed by atoms with van der Waals surface area (Å²) >= 11 is 0. The van der Waals surface area contributed by atoms with Gasteiger partial charge in [-0.05, 0) is 37.5 Å². The monoisotopic (exact) mass is 298 g/mol. The molecule has 6 nitrogen and oxygen atoms in total. The molecule has 0 radical (unpaired) electrons. The number of hydrazone groups is 1. The Balaban J connectivity index is 2.27. The van der Waals surface area contributed by atoms with E-state index in [1.807, 2.05) is 19.1 Å². The second-order valence-electron chi connectivity index (χ2n) is 5.52. The number of nitrogens with one attached hydrogen (secondary N) is 2. The van der Waals surface area contributed by atoms with Gasteiger partial charge in [-0.25, -0.2) is 0 Å². The second-order valence-corrected chi connectivity index (χ2v) is 5.52. The van der Waals surface area contributed by atoms with Gasteiger partial charge in [0.1, 0.15) is 6.07 Å². The fourth-order valence-corrected chi connectivity index (χ4v) is 2.59. The van der Waals surface area contributed by atoms with Gasteiger partial charge in [0.05, 0.1) is 11.4 Å². The highest BCUT2D eigenvalue weighted by atomic mass is 15.3. The predicted molar refractivity (Wildman–Crippen MR) is 90.4 cm³/mol. The van der Waals surface area contributed by atoms with Crippen LogP contribution >= 0.6 is 0 Å². The third-order valence-electron chi connectivity index (χ3n) is 3.75. The molecule has 22 heavy (non-hydrogen) atoms. The minimum Gasteiger partial charge on any atom is -0.382 e. The smallest absolute Gasteiger partial charge is 0.201 e. The molecule has 0 saturated carbocycles. The van der Waals surface area contributed by atoms with Crippen LogP contribution in [-0.4, -0.2) is 24.6 Å². The summed E-state index contributed by atoms with van der Waals surface area (Å²) in [5, 5.41) is 20.2. The Labute approximate surface area is 131 Å². The lowest BCUT2D eigenvalue weighted by Gasteiger charge is -2.25. The summed E-state index contributed by atoms with van der Waals surface area (Å²) in [6.45, 7) is 4.07. The van der Waals surface area contributed by atoms with Gasteiger partial charge in [0.15, 0.2) is 5.84 Å². The van der Waals surface area contributed by atoms with Crippen LogP contribution in [0.25, 0.3) is 0 Å². The zero-order valence-electron chi connectivity index (χ0n) is 12.9. The Morgan fingerprint density at radius 1 is 1.32 bits per heavy atom. The molecule has 0 bridgehead atoms. The molecular formula is C16H22N6. The van der Waals surface area contributed by atoms with E-state index in [0.29, 0.717) is 0 Å². The molecule has 0 spiro atoms. The number of aryl methyl sites for hydroxylation is 1. The molecule has 1 fully saturated rings. The highest BCUT2D eigenvalue weighted by molar-refractivity contribution is 6.45. The van der Waals surface area contributed by atoms with Crippen LogP contribution in [0.3, 0.4) is 0 Å². The Morgan fingerprint density at radius 3 is 2.59 bits per heavy atom. The number of hydrogen-bond donors (Lipinski definition) is 3. The van der Waals surface area contributed by atoms with Gasteiger partial charge >= 0.3 is 0 Å². The quantitative estimate of drug-likeness (QED) is 0.452. The third kappa shape index (κ3) is 3.98. The van der Waals surface area contributed by atoms with Gasteiger partial charge in [0.2, 0.25) is 5.71 Å². The summed E-state index contributed by atoms with van der Waals surface area (Å²) in [5.41, 5.74) is 11.2. The summed E-state index contributed by atoms with van der Waals surface area (Å²) in [5.74, 6) is -0.334. The van der Waals surface area contributed by atoms with Crippen molar-refractivity contribution in [2.45, 2.75) is 32.6 Å². The zero-order valence-corrected chi connectivity index (χ0v) is 12.9. The summed E-state index contributed by atoms with van der Waals surface area (Å²) in [4.78, 5) is 2.35. The van der Waals surface area contributed by atoms with Gasteiger partial charge in [-0.2, -0.15) is 10.4 Å². The molecule has 0 unspecified atom stereocenters. The first-order valence-electron chi connectivity index (χ1n) is 7.55. The number of anilines is 2. The Bertz CT molecular complexity index is 606. The summed E-state index contributed by atoms with van der Waals surface area (Å²) in [6.07, 6.45) is 4.92.